The Hall–Kier alpha value is -2.63. The molecule has 2 N–H and O–H groups in total. The normalized spacial score (nSPS) is 13.6. The van der Waals surface area contributed by atoms with E-state index in [4.69, 9.17) is 9.47 Å². The zero-order valence-corrected chi connectivity index (χ0v) is 19.2. The van der Waals surface area contributed by atoms with E-state index in [0.717, 1.165) is 9.13 Å². The smallest absolute Gasteiger partial charge is 0.242 e. The molecule has 0 saturated carbocycles. The lowest BCUT2D eigenvalue weighted by atomic mass is 10.1. The van der Waals surface area contributed by atoms with E-state index in [1.54, 1.807) is 30.3 Å². The predicted octanol–water partition coefficient (Wildman–Crippen LogP) is 3.55. The molecule has 0 spiro atoms. The SMILES string of the molecule is O=C(Nc1ccc2c(c1)OCO2)[C@@H](Cc1ccccc1)NS(=O)(=O)c1ccc(I)cc1. The van der Waals surface area contributed by atoms with Crippen molar-refractivity contribution >= 4 is 44.2 Å². The van der Waals surface area contributed by atoms with Crippen molar-refractivity contribution in [1.29, 1.82) is 0 Å². The van der Waals surface area contributed by atoms with E-state index >= 15 is 0 Å². The quantitative estimate of drug-likeness (QED) is 0.439. The summed E-state index contributed by atoms with van der Waals surface area (Å²) in [6.07, 6.45) is 0.195. The number of anilines is 1. The third kappa shape index (κ3) is 5.35. The number of carbonyl (C=O) groups excluding carboxylic acids is 1. The van der Waals surface area contributed by atoms with Gasteiger partial charge in [-0.3, -0.25) is 4.79 Å². The van der Waals surface area contributed by atoms with Gasteiger partial charge in [0.1, 0.15) is 6.04 Å². The van der Waals surface area contributed by atoms with Gasteiger partial charge in [-0.15, -0.1) is 0 Å². The highest BCUT2D eigenvalue weighted by Gasteiger charge is 2.27. The van der Waals surface area contributed by atoms with Gasteiger partial charge in [-0.05, 0) is 71.0 Å². The molecule has 7 nitrogen and oxygen atoms in total. The van der Waals surface area contributed by atoms with Gasteiger partial charge in [0.25, 0.3) is 0 Å². The molecule has 0 radical (unpaired) electrons. The van der Waals surface area contributed by atoms with E-state index in [0.29, 0.717) is 17.2 Å². The first kappa shape index (κ1) is 21.6. The van der Waals surface area contributed by atoms with Crippen LogP contribution in [-0.4, -0.2) is 27.2 Å². The monoisotopic (exact) mass is 550 g/mol. The van der Waals surface area contributed by atoms with Crippen LogP contribution in [0.2, 0.25) is 0 Å². The molecule has 1 amide bonds. The molecule has 0 bridgehead atoms. The summed E-state index contributed by atoms with van der Waals surface area (Å²) in [4.78, 5) is 13.2. The standard InChI is InChI=1S/C22H19IN2O5S/c23-16-6-9-18(10-7-16)31(27,28)25-19(12-15-4-2-1-3-5-15)22(26)24-17-8-11-20-21(13-17)30-14-29-20/h1-11,13,19,25H,12,14H2,(H,24,26)/t19-/m1/s1. The van der Waals surface area contributed by atoms with Gasteiger partial charge >= 0.3 is 0 Å². The van der Waals surface area contributed by atoms with Crippen molar-refractivity contribution in [1.82, 2.24) is 4.72 Å². The molecule has 3 aromatic rings. The molecule has 31 heavy (non-hydrogen) atoms. The molecule has 4 rings (SSSR count). The van der Waals surface area contributed by atoms with Crippen molar-refractivity contribution in [3.8, 4) is 11.5 Å². The first-order valence-corrected chi connectivity index (χ1v) is 12.0. The topological polar surface area (TPSA) is 93.7 Å². The number of carbonyl (C=O) groups is 1. The van der Waals surface area contributed by atoms with E-state index in [2.05, 4.69) is 32.6 Å². The van der Waals surface area contributed by atoms with Crippen LogP contribution in [0.4, 0.5) is 5.69 Å². The summed E-state index contributed by atoms with van der Waals surface area (Å²) < 4.78 is 39.9. The average molecular weight is 550 g/mol. The summed E-state index contributed by atoms with van der Waals surface area (Å²) in [5, 5.41) is 2.77. The number of halogens is 1. The minimum Gasteiger partial charge on any atom is -0.454 e. The molecular formula is C22H19IN2O5S. The van der Waals surface area contributed by atoms with Crippen LogP contribution in [0.15, 0.2) is 77.7 Å². The number of hydrogen-bond acceptors (Lipinski definition) is 5. The van der Waals surface area contributed by atoms with Crippen molar-refractivity contribution in [2.75, 3.05) is 12.1 Å². The largest absolute Gasteiger partial charge is 0.454 e. The van der Waals surface area contributed by atoms with Crippen molar-refractivity contribution in [3.05, 3.63) is 81.9 Å². The van der Waals surface area contributed by atoms with E-state index in [-0.39, 0.29) is 18.1 Å². The lowest BCUT2D eigenvalue weighted by Crippen LogP contribution is -2.45. The second-order valence-corrected chi connectivity index (χ2v) is 9.83. The maximum Gasteiger partial charge on any atom is 0.242 e. The van der Waals surface area contributed by atoms with Gasteiger partial charge in [0.05, 0.1) is 4.90 Å². The summed E-state index contributed by atoms with van der Waals surface area (Å²) in [5.41, 5.74) is 1.32. The van der Waals surface area contributed by atoms with Gasteiger partial charge in [0, 0.05) is 15.3 Å². The van der Waals surface area contributed by atoms with Crippen LogP contribution in [0.3, 0.4) is 0 Å². The Bertz CT molecular complexity index is 1180. The number of nitrogens with one attached hydrogen (secondary N) is 2. The molecular weight excluding hydrogens is 531 g/mol. The number of rotatable bonds is 7. The number of amides is 1. The fourth-order valence-corrected chi connectivity index (χ4v) is 4.67. The van der Waals surface area contributed by atoms with Gasteiger partial charge in [0.15, 0.2) is 11.5 Å². The van der Waals surface area contributed by atoms with Gasteiger partial charge < -0.3 is 14.8 Å². The number of hydrogen-bond donors (Lipinski definition) is 2. The molecule has 0 unspecified atom stereocenters. The molecule has 0 aromatic heterocycles. The lowest BCUT2D eigenvalue weighted by Gasteiger charge is -2.19. The van der Waals surface area contributed by atoms with Crippen molar-refractivity contribution < 1.29 is 22.7 Å². The second-order valence-electron chi connectivity index (χ2n) is 6.87. The predicted molar refractivity (Wildman–Crippen MR) is 125 cm³/mol. The fourth-order valence-electron chi connectivity index (χ4n) is 3.11. The zero-order chi connectivity index (χ0) is 21.8. The van der Waals surface area contributed by atoms with Crippen molar-refractivity contribution in [2.24, 2.45) is 0 Å². The summed E-state index contributed by atoms with van der Waals surface area (Å²) in [6.45, 7) is 0.124. The highest BCUT2D eigenvalue weighted by molar-refractivity contribution is 14.1. The molecule has 160 valence electrons. The van der Waals surface area contributed by atoms with Gasteiger partial charge in [-0.25, -0.2) is 8.42 Å². The molecule has 9 heteroatoms. The van der Waals surface area contributed by atoms with Crippen LogP contribution in [-0.2, 0) is 21.2 Å². The minimum absolute atomic E-state index is 0.0989. The van der Waals surface area contributed by atoms with E-state index in [1.165, 1.54) is 12.1 Å². The molecule has 0 saturated heterocycles. The third-order valence-electron chi connectivity index (χ3n) is 4.66. The number of sulfonamides is 1. The zero-order valence-electron chi connectivity index (χ0n) is 16.2. The Kier molecular flexibility index (Phi) is 6.44. The van der Waals surface area contributed by atoms with Crippen molar-refractivity contribution in [2.45, 2.75) is 17.4 Å². The average Bonchev–Trinajstić information content (AvgIpc) is 3.22. The number of ether oxygens (including phenoxy) is 2. The minimum atomic E-state index is -3.90. The Morgan fingerprint density at radius 3 is 2.42 bits per heavy atom. The van der Waals surface area contributed by atoms with Gasteiger partial charge in [-0.2, -0.15) is 4.72 Å². The Morgan fingerprint density at radius 1 is 0.968 bits per heavy atom. The van der Waals surface area contributed by atoms with E-state index in [1.807, 2.05) is 30.3 Å². The summed E-state index contributed by atoms with van der Waals surface area (Å²) in [7, 11) is -3.90. The maximum atomic E-state index is 13.1. The Labute approximate surface area is 194 Å². The highest BCUT2D eigenvalue weighted by Crippen LogP contribution is 2.34. The van der Waals surface area contributed by atoms with Crippen LogP contribution in [0.5, 0.6) is 11.5 Å². The molecule has 0 aliphatic carbocycles. The van der Waals surface area contributed by atoms with Crippen LogP contribution < -0.4 is 19.5 Å². The first-order valence-electron chi connectivity index (χ1n) is 9.43. The van der Waals surface area contributed by atoms with Gasteiger partial charge in [0.2, 0.25) is 22.7 Å². The third-order valence-corrected chi connectivity index (χ3v) is 6.87. The second kappa shape index (κ2) is 9.25. The summed E-state index contributed by atoms with van der Waals surface area (Å²) >= 11 is 2.10. The molecule has 1 aliphatic heterocycles. The fraction of sp³-hybridized carbons (Fsp3) is 0.136. The van der Waals surface area contributed by atoms with E-state index < -0.39 is 22.0 Å². The summed E-state index contributed by atoms with van der Waals surface area (Å²) in [6, 6.07) is 19.7. The molecule has 1 aliphatic rings. The molecule has 3 aromatic carbocycles. The van der Waals surface area contributed by atoms with Crippen LogP contribution in [0.1, 0.15) is 5.56 Å². The van der Waals surface area contributed by atoms with Crippen molar-refractivity contribution in [3.63, 3.8) is 0 Å². The highest BCUT2D eigenvalue weighted by atomic mass is 127. The van der Waals surface area contributed by atoms with Crippen LogP contribution in [0, 0.1) is 3.57 Å². The Balaban J connectivity index is 1.57. The van der Waals surface area contributed by atoms with E-state index in [9.17, 15) is 13.2 Å². The summed E-state index contributed by atoms with van der Waals surface area (Å²) in [5.74, 6) is 0.645. The number of benzene rings is 3. The molecule has 1 heterocycles. The maximum absolute atomic E-state index is 13.1. The molecule has 1 atom stereocenters. The van der Waals surface area contributed by atoms with Crippen LogP contribution >= 0.6 is 22.6 Å². The first-order chi connectivity index (χ1) is 14.9. The molecule has 0 fully saturated rings. The van der Waals surface area contributed by atoms with Crippen LogP contribution in [0.25, 0.3) is 0 Å². The Morgan fingerprint density at radius 2 is 1.68 bits per heavy atom. The number of fused-ring (bicyclic) bond motifs is 1. The van der Waals surface area contributed by atoms with Gasteiger partial charge in [-0.1, -0.05) is 30.3 Å². The lowest BCUT2D eigenvalue weighted by molar-refractivity contribution is -0.117.